The summed E-state index contributed by atoms with van der Waals surface area (Å²) in [4.78, 5) is 21.2. The molecule has 1 unspecified atom stereocenters. The van der Waals surface area contributed by atoms with Gasteiger partial charge >= 0.3 is 12.1 Å². The summed E-state index contributed by atoms with van der Waals surface area (Å²) >= 11 is 0. The maximum atomic E-state index is 12.7. The molecule has 6 heteroatoms. The molecule has 1 aromatic rings. The van der Waals surface area contributed by atoms with Crippen LogP contribution in [0.2, 0.25) is 0 Å². The van der Waals surface area contributed by atoms with E-state index in [-0.39, 0.29) is 12.0 Å². The van der Waals surface area contributed by atoms with Gasteiger partial charge in [0.25, 0.3) is 0 Å². The van der Waals surface area contributed by atoms with Crippen molar-refractivity contribution in [2.75, 3.05) is 0 Å². The number of carboxylic acids is 1. The van der Waals surface area contributed by atoms with Gasteiger partial charge in [0, 0.05) is 5.92 Å². The Balaban J connectivity index is 3.22. The zero-order valence-electron chi connectivity index (χ0n) is 9.49. The van der Waals surface area contributed by atoms with Crippen molar-refractivity contribution in [3.63, 3.8) is 0 Å². The van der Waals surface area contributed by atoms with Gasteiger partial charge in [0.15, 0.2) is 0 Å². The van der Waals surface area contributed by atoms with Gasteiger partial charge in [-0.15, -0.1) is 0 Å². The molecule has 0 aliphatic carbocycles. The lowest BCUT2D eigenvalue weighted by Gasteiger charge is -2.12. The third-order valence-corrected chi connectivity index (χ3v) is 2.41. The molecule has 0 spiro atoms. The molecule has 1 aromatic carbocycles. The number of carbonyl (C=O) groups is 2. The number of carboxylic acid groups (broad SMARTS) is 1. The third-order valence-electron chi connectivity index (χ3n) is 2.41. The Labute approximate surface area is 101 Å². The number of alkyl halides is 3. The first-order chi connectivity index (χ1) is 8.25. The third kappa shape index (κ3) is 3.32. The van der Waals surface area contributed by atoms with E-state index in [4.69, 9.17) is 5.11 Å². The minimum atomic E-state index is -4.73. The molecule has 1 N–H and O–H groups in total. The average molecular weight is 260 g/mol. The van der Waals surface area contributed by atoms with Crippen molar-refractivity contribution in [1.29, 1.82) is 0 Å². The summed E-state index contributed by atoms with van der Waals surface area (Å²) in [6.45, 7) is 1.57. The predicted octanol–water partition coefficient (Wildman–Crippen LogP) is 2.78. The van der Waals surface area contributed by atoms with Crippen LogP contribution in [0.1, 0.15) is 28.4 Å². The summed E-state index contributed by atoms with van der Waals surface area (Å²) in [6.07, 6.45) is -3.95. The first kappa shape index (κ1) is 14.2. The molecule has 0 saturated heterocycles. The summed E-state index contributed by atoms with van der Waals surface area (Å²) < 4.78 is 38.0. The van der Waals surface area contributed by atoms with Crippen LogP contribution < -0.4 is 0 Å². The number of hydrogen-bond donors (Lipinski definition) is 1. The number of aldehydes is 1. The number of rotatable bonds is 4. The molecule has 0 aliphatic rings. The van der Waals surface area contributed by atoms with Gasteiger partial charge in [0.2, 0.25) is 0 Å². The molecule has 3 nitrogen and oxygen atoms in total. The van der Waals surface area contributed by atoms with Crippen LogP contribution in [0.3, 0.4) is 0 Å². The molecule has 0 bridgehead atoms. The molecule has 0 saturated carbocycles. The van der Waals surface area contributed by atoms with Gasteiger partial charge < -0.3 is 9.90 Å². The van der Waals surface area contributed by atoms with Crippen molar-refractivity contribution in [2.24, 2.45) is 5.92 Å². The van der Waals surface area contributed by atoms with E-state index in [2.05, 4.69) is 0 Å². The fourth-order valence-electron chi connectivity index (χ4n) is 1.56. The minimum absolute atomic E-state index is 0.145. The first-order valence-corrected chi connectivity index (χ1v) is 5.14. The van der Waals surface area contributed by atoms with E-state index in [1.807, 2.05) is 0 Å². The van der Waals surface area contributed by atoms with Crippen LogP contribution in [0.25, 0.3) is 0 Å². The Morgan fingerprint density at radius 2 is 2.06 bits per heavy atom. The molecule has 0 aromatic heterocycles. The van der Waals surface area contributed by atoms with Crippen molar-refractivity contribution in [2.45, 2.75) is 19.5 Å². The highest BCUT2D eigenvalue weighted by Crippen LogP contribution is 2.33. The highest BCUT2D eigenvalue weighted by Gasteiger charge is 2.35. The summed E-state index contributed by atoms with van der Waals surface area (Å²) in [5.41, 5.74) is -1.69. The van der Waals surface area contributed by atoms with Crippen molar-refractivity contribution in [3.8, 4) is 0 Å². The zero-order valence-corrected chi connectivity index (χ0v) is 9.49. The van der Waals surface area contributed by atoms with Gasteiger partial charge in [0.05, 0.1) is 11.1 Å². The van der Waals surface area contributed by atoms with Gasteiger partial charge in [0.1, 0.15) is 6.29 Å². The molecule has 18 heavy (non-hydrogen) atoms. The molecular formula is C12H11F3O3. The Kier molecular flexibility index (Phi) is 4.11. The molecular weight excluding hydrogens is 249 g/mol. The van der Waals surface area contributed by atoms with Gasteiger partial charge in [-0.3, -0.25) is 0 Å². The number of halogens is 3. The summed E-state index contributed by atoms with van der Waals surface area (Å²) in [5, 5.41) is 8.69. The smallest absolute Gasteiger partial charge is 0.417 e. The van der Waals surface area contributed by atoms with E-state index in [9.17, 15) is 22.8 Å². The lowest BCUT2D eigenvalue weighted by Crippen LogP contribution is -2.14. The molecule has 0 amide bonds. The van der Waals surface area contributed by atoms with E-state index in [0.29, 0.717) is 6.29 Å². The van der Waals surface area contributed by atoms with Crippen molar-refractivity contribution < 1.29 is 27.9 Å². The van der Waals surface area contributed by atoms with E-state index < -0.39 is 29.2 Å². The largest absolute Gasteiger partial charge is 0.478 e. The normalized spacial score (nSPS) is 13.1. The van der Waals surface area contributed by atoms with Gasteiger partial charge in [-0.25, -0.2) is 4.79 Å². The Morgan fingerprint density at radius 3 is 2.50 bits per heavy atom. The second-order valence-corrected chi connectivity index (χ2v) is 4.00. The lowest BCUT2D eigenvalue weighted by molar-refractivity contribution is -0.138. The number of hydrogen-bond acceptors (Lipinski definition) is 2. The van der Waals surface area contributed by atoms with Gasteiger partial charge in [-0.2, -0.15) is 13.2 Å². The summed E-state index contributed by atoms with van der Waals surface area (Å²) in [5.74, 6) is -2.04. The molecule has 1 atom stereocenters. The first-order valence-electron chi connectivity index (χ1n) is 5.14. The van der Waals surface area contributed by atoms with E-state index >= 15 is 0 Å². The van der Waals surface area contributed by atoms with Crippen LogP contribution in [-0.2, 0) is 17.4 Å². The summed E-state index contributed by atoms with van der Waals surface area (Å²) in [6, 6.07) is 2.99. The van der Waals surface area contributed by atoms with E-state index in [0.717, 1.165) is 12.1 Å². The van der Waals surface area contributed by atoms with Crippen LogP contribution in [0, 0.1) is 5.92 Å². The van der Waals surface area contributed by atoms with Crippen LogP contribution in [-0.4, -0.2) is 17.4 Å². The second-order valence-electron chi connectivity index (χ2n) is 4.00. The van der Waals surface area contributed by atoms with Crippen LogP contribution in [0.4, 0.5) is 13.2 Å². The van der Waals surface area contributed by atoms with Crippen LogP contribution in [0.15, 0.2) is 18.2 Å². The van der Waals surface area contributed by atoms with Gasteiger partial charge in [-0.1, -0.05) is 13.0 Å². The van der Waals surface area contributed by atoms with E-state index in [1.54, 1.807) is 6.92 Å². The van der Waals surface area contributed by atoms with Gasteiger partial charge in [-0.05, 0) is 24.1 Å². The highest BCUT2D eigenvalue weighted by molar-refractivity contribution is 5.89. The Bertz CT molecular complexity index is 466. The summed E-state index contributed by atoms with van der Waals surface area (Å²) in [7, 11) is 0. The van der Waals surface area contributed by atoms with Crippen molar-refractivity contribution in [1.82, 2.24) is 0 Å². The lowest BCUT2D eigenvalue weighted by atomic mass is 9.97. The Morgan fingerprint density at radius 1 is 1.44 bits per heavy atom. The fourth-order valence-corrected chi connectivity index (χ4v) is 1.56. The second kappa shape index (κ2) is 5.20. The minimum Gasteiger partial charge on any atom is -0.478 e. The van der Waals surface area contributed by atoms with E-state index in [1.165, 1.54) is 6.07 Å². The van der Waals surface area contributed by atoms with Crippen LogP contribution in [0.5, 0.6) is 0 Å². The molecule has 0 fully saturated rings. The predicted molar refractivity (Wildman–Crippen MR) is 57.3 cm³/mol. The maximum Gasteiger partial charge on any atom is 0.417 e. The number of aromatic carboxylic acids is 1. The fraction of sp³-hybridized carbons (Fsp3) is 0.333. The average Bonchev–Trinajstić information content (AvgIpc) is 2.27. The number of benzene rings is 1. The topological polar surface area (TPSA) is 54.4 Å². The Hall–Kier alpha value is -1.85. The quantitative estimate of drug-likeness (QED) is 0.847. The molecule has 0 radical (unpaired) electrons. The zero-order chi connectivity index (χ0) is 13.9. The van der Waals surface area contributed by atoms with Crippen molar-refractivity contribution in [3.05, 3.63) is 34.9 Å². The SMILES string of the molecule is CC(C=O)Cc1ccc(C(=O)O)c(C(F)(F)F)c1. The number of carbonyl (C=O) groups excluding carboxylic acids is 1. The molecule has 0 aliphatic heterocycles. The maximum absolute atomic E-state index is 12.7. The van der Waals surface area contributed by atoms with Crippen LogP contribution >= 0.6 is 0 Å². The molecule has 0 heterocycles. The molecule has 1 rings (SSSR count). The van der Waals surface area contributed by atoms with Crippen molar-refractivity contribution >= 4 is 12.3 Å². The monoisotopic (exact) mass is 260 g/mol. The standard InChI is InChI=1S/C12H11F3O3/c1-7(6-16)4-8-2-3-9(11(17)18)10(5-8)12(13,14)15/h2-3,5-7H,4H2,1H3,(H,17,18). The molecule has 98 valence electrons. The highest BCUT2D eigenvalue weighted by atomic mass is 19.4.